The van der Waals surface area contributed by atoms with Crippen molar-refractivity contribution in [2.45, 2.75) is 15.7 Å². The molecule has 61 heavy (non-hydrogen) atoms. The molecule has 284 valence electrons. The van der Waals surface area contributed by atoms with Gasteiger partial charge in [0, 0.05) is 15.8 Å². The summed E-state index contributed by atoms with van der Waals surface area (Å²) in [5.74, 6) is 0. The smallest absolute Gasteiger partial charge is 0.0731 e. The van der Waals surface area contributed by atoms with Crippen LogP contribution in [0.2, 0.25) is 0 Å². The molecule has 2 spiro atoms. The van der Waals surface area contributed by atoms with Crippen molar-refractivity contribution >= 4 is 28.2 Å². The lowest BCUT2D eigenvalue weighted by atomic mass is 9.52. The molecule has 1 aliphatic heterocycles. The number of nitrogens with zero attached hydrogens (tertiary/aromatic N) is 1. The number of hydrogen-bond acceptors (Lipinski definition) is 2. The molecule has 9 aromatic rings. The highest BCUT2D eigenvalue weighted by molar-refractivity contribution is 8.02. The molecule has 0 atom stereocenters. The highest BCUT2D eigenvalue weighted by Gasteiger charge is 2.59. The summed E-state index contributed by atoms with van der Waals surface area (Å²) in [6, 6.07) is 70.4. The van der Waals surface area contributed by atoms with Crippen LogP contribution in [0.5, 0.6) is 0 Å². The van der Waals surface area contributed by atoms with Crippen LogP contribution in [0.25, 0.3) is 61.1 Å². The predicted octanol–water partition coefficient (Wildman–Crippen LogP) is 14.8. The summed E-state index contributed by atoms with van der Waals surface area (Å²) in [6.07, 6.45) is 6.40. The molecule has 4 aliphatic rings. The first kappa shape index (κ1) is 34.6. The van der Waals surface area contributed by atoms with Gasteiger partial charge >= 0.3 is 0 Å². The molecule has 1 nitrogen and oxygen atoms in total. The molecule has 0 unspecified atom stereocenters. The monoisotopic (exact) mass is 791 g/mol. The van der Waals surface area contributed by atoms with Gasteiger partial charge in [-0.25, -0.2) is 4.98 Å². The van der Waals surface area contributed by atoms with E-state index in [2.05, 4.69) is 218 Å². The molecule has 8 aromatic carbocycles. The van der Waals surface area contributed by atoms with E-state index in [1.165, 1.54) is 88.3 Å². The third-order valence-electron chi connectivity index (χ3n) is 13.8. The second-order valence-electron chi connectivity index (χ2n) is 16.6. The maximum Gasteiger partial charge on any atom is 0.0731 e. The summed E-state index contributed by atoms with van der Waals surface area (Å²) < 4.78 is 0. The Kier molecular flexibility index (Phi) is 7.30. The van der Waals surface area contributed by atoms with E-state index in [0.29, 0.717) is 0 Å². The van der Waals surface area contributed by atoms with Gasteiger partial charge in [-0.15, -0.1) is 0 Å². The van der Waals surface area contributed by atoms with E-state index in [0.717, 1.165) is 27.7 Å². The van der Waals surface area contributed by atoms with E-state index in [1.807, 2.05) is 11.8 Å². The van der Waals surface area contributed by atoms with Gasteiger partial charge in [-0.05, 0) is 113 Å². The minimum atomic E-state index is -0.661. The number of benzene rings is 8. The molecule has 0 radical (unpaired) electrons. The molecule has 0 saturated carbocycles. The zero-order valence-electron chi connectivity index (χ0n) is 33.3. The van der Waals surface area contributed by atoms with Gasteiger partial charge in [-0.1, -0.05) is 206 Å². The maximum absolute atomic E-state index is 5.21. The molecule has 1 aromatic heterocycles. The first-order valence-electron chi connectivity index (χ1n) is 21.1. The van der Waals surface area contributed by atoms with Crippen LogP contribution in [0.1, 0.15) is 50.1 Å². The van der Waals surface area contributed by atoms with E-state index in [9.17, 15) is 0 Å². The largest absolute Gasteiger partial charge is 0.248 e. The Morgan fingerprint density at radius 3 is 1.67 bits per heavy atom. The van der Waals surface area contributed by atoms with Gasteiger partial charge in [-0.3, -0.25) is 0 Å². The average molecular weight is 792 g/mol. The summed E-state index contributed by atoms with van der Waals surface area (Å²) in [6.45, 7) is 4.64. The third-order valence-corrected chi connectivity index (χ3v) is 14.7. The average Bonchev–Trinajstić information content (AvgIpc) is 3.78. The van der Waals surface area contributed by atoms with Crippen molar-refractivity contribution in [1.29, 1.82) is 0 Å². The van der Waals surface area contributed by atoms with Crippen molar-refractivity contribution in [3.05, 3.63) is 268 Å². The van der Waals surface area contributed by atoms with Crippen molar-refractivity contribution in [1.82, 2.24) is 4.98 Å². The number of thioether (sulfide) groups is 1. The Hall–Kier alpha value is -7.26. The Balaban J connectivity index is 1.19. The molecule has 2 heterocycles. The number of hydrogen-bond donors (Lipinski definition) is 0. The summed E-state index contributed by atoms with van der Waals surface area (Å²) in [5, 5.41) is 3.38. The van der Waals surface area contributed by atoms with Crippen LogP contribution in [0, 0.1) is 0 Å². The van der Waals surface area contributed by atoms with Gasteiger partial charge in [-0.2, -0.15) is 0 Å². The topological polar surface area (TPSA) is 12.9 Å². The van der Waals surface area contributed by atoms with Crippen LogP contribution < -0.4 is 0 Å². The zero-order chi connectivity index (χ0) is 40.3. The van der Waals surface area contributed by atoms with Crippen LogP contribution in [-0.2, 0) is 10.8 Å². The van der Waals surface area contributed by atoms with Crippen LogP contribution >= 0.6 is 11.8 Å². The SMILES string of the molecule is C=C1/C=C\C=C/Sc2c1ccc1c2C2(c3cc(-c4cc(-c5ccccc5)nc5ccccc45)ccc3-1)c1ccccc1C1(c3ccccc3-c3ccccc31)c1ccccc12. The molecular formula is C59H37NS. The molecular weight excluding hydrogens is 755 g/mol. The zero-order valence-corrected chi connectivity index (χ0v) is 34.1. The number of para-hydroxylation sites is 1. The number of fused-ring (bicyclic) bond motifs is 19. The summed E-state index contributed by atoms with van der Waals surface area (Å²) in [5.41, 5.74) is 22.2. The van der Waals surface area contributed by atoms with Crippen LogP contribution in [0.15, 0.2) is 223 Å². The van der Waals surface area contributed by atoms with Crippen molar-refractivity contribution in [3.8, 4) is 44.6 Å². The van der Waals surface area contributed by atoms with Crippen molar-refractivity contribution < 1.29 is 0 Å². The highest BCUT2D eigenvalue weighted by atomic mass is 32.2. The van der Waals surface area contributed by atoms with E-state index in [1.54, 1.807) is 0 Å². The van der Waals surface area contributed by atoms with Crippen LogP contribution in [-0.4, -0.2) is 4.98 Å². The number of allylic oxidation sites excluding steroid dienone is 4. The first-order valence-corrected chi connectivity index (χ1v) is 21.9. The highest BCUT2D eigenvalue weighted by Crippen LogP contribution is 2.69. The van der Waals surface area contributed by atoms with Crippen molar-refractivity contribution in [2.75, 3.05) is 0 Å². The molecule has 13 rings (SSSR count). The summed E-state index contributed by atoms with van der Waals surface area (Å²) in [7, 11) is 0. The molecule has 3 aliphatic carbocycles. The Labute approximate surface area is 360 Å². The van der Waals surface area contributed by atoms with E-state index in [-0.39, 0.29) is 0 Å². The second-order valence-corrected chi connectivity index (χ2v) is 17.5. The molecule has 0 fully saturated rings. The van der Waals surface area contributed by atoms with E-state index < -0.39 is 10.8 Å². The first-order chi connectivity index (χ1) is 30.2. The molecule has 0 amide bonds. The summed E-state index contributed by atoms with van der Waals surface area (Å²) in [4.78, 5) is 6.46. The van der Waals surface area contributed by atoms with Crippen molar-refractivity contribution in [2.24, 2.45) is 0 Å². The number of pyridine rings is 1. The standard InChI is InChI=1S/C59H37NS/c1-37-17-15-16-34-61-57-40(37)32-33-45-43-31-30-39(46-36-55(38-18-3-2-4-19-38)60-54-29-14-7-22-44(46)54)35-53(43)59(56(45)57)51-27-12-10-25-49(51)58(50-26-11-13-28-52(50)59)47-23-8-5-20-41(47)42-21-6-9-24-48(42)58/h2-36H,1H2/b17-15-,34-16-. The van der Waals surface area contributed by atoms with Crippen LogP contribution in [0.3, 0.4) is 0 Å². The molecule has 0 saturated heterocycles. The lowest BCUT2D eigenvalue weighted by Gasteiger charge is -2.49. The number of rotatable bonds is 2. The lowest BCUT2D eigenvalue weighted by Crippen LogP contribution is -2.44. The van der Waals surface area contributed by atoms with Gasteiger partial charge in [0.1, 0.15) is 0 Å². The number of aromatic nitrogens is 1. The van der Waals surface area contributed by atoms with Gasteiger partial charge < -0.3 is 0 Å². The summed E-state index contributed by atoms with van der Waals surface area (Å²) >= 11 is 1.82. The lowest BCUT2D eigenvalue weighted by molar-refractivity contribution is 0.626. The Morgan fingerprint density at radius 1 is 0.410 bits per heavy atom. The van der Waals surface area contributed by atoms with Gasteiger partial charge in [0.2, 0.25) is 0 Å². The molecule has 2 heteroatoms. The minimum Gasteiger partial charge on any atom is -0.248 e. The predicted molar refractivity (Wildman–Crippen MR) is 254 cm³/mol. The maximum atomic E-state index is 5.21. The fourth-order valence-corrected chi connectivity index (χ4v) is 12.5. The second kappa shape index (κ2) is 12.9. The quantitative estimate of drug-likeness (QED) is 0.173. The van der Waals surface area contributed by atoms with Gasteiger partial charge in [0.25, 0.3) is 0 Å². The fourth-order valence-electron chi connectivity index (χ4n) is 11.5. The van der Waals surface area contributed by atoms with Crippen LogP contribution in [0.4, 0.5) is 0 Å². The van der Waals surface area contributed by atoms with E-state index in [4.69, 9.17) is 4.98 Å². The molecule has 0 N–H and O–H groups in total. The Morgan fingerprint density at radius 2 is 0.967 bits per heavy atom. The fraction of sp³-hybridized carbons (Fsp3) is 0.0339. The van der Waals surface area contributed by atoms with E-state index >= 15 is 0 Å². The van der Waals surface area contributed by atoms with Gasteiger partial charge in [0.15, 0.2) is 0 Å². The minimum absolute atomic E-state index is 0.513. The normalized spacial score (nSPS) is 16.4. The Bertz CT molecular complexity index is 3330. The van der Waals surface area contributed by atoms with Gasteiger partial charge in [0.05, 0.1) is 22.0 Å². The third kappa shape index (κ3) is 4.50. The molecule has 0 bridgehead atoms. The van der Waals surface area contributed by atoms with Crippen molar-refractivity contribution in [3.63, 3.8) is 0 Å².